The molecule has 0 saturated heterocycles. The maximum Gasteiger partial charge on any atom is 0.194 e. The minimum Gasteiger partial charge on any atom is -0.392 e. The number of aryl methyl sites for hydroxylation is 1. The Morgan fingerprint density at radius 3 is 2.71 bits per heavy atom. The highest BCUT2D eigenvalue weighted by molar-refractivity contribution is 7.15. The smallest absolute Gasteiger partial charge is 0.194 e. The van der Waals surface area contributed by atoms with Crippen LogP contribution in [-0.4, -0.2) is 14.5 Å². The third kappa shape index (κ3) is 1.75. The molecular formula is C13H12N2OS. The molecule has 0 amide bonds. The highest BCUT2D eigenvalue weighted by atomic mass is 32.1. The lowest BCUT2D eigenvalue weighted by atomic mass is 10.1. The molecule has 0 aliphatic rings. The van der Waals surface area contributed by atoms with E-state index in [1.54, 1.807) is 11.3 Å². The lowest BCUT2D eigenvalue weighted by Gasteiger charge is -1.98. The van der Waals surface area contributed by atoms with E-state index in [-0.39, 0.29) is 6.61 Å². The second-order valence-corrected chi connectivity index (χ2v) is 4.85. The molecule has 4 heteroatoms. The van der Waals surface area contributed by atoms with Gasteiger partial charge in [0.25, 0.3) is 0 Å². The Labute approximate surface area is 103 Å². The summed E-state index contributed by atoms with van der Waals surface area (Å²) in [5, 5.41) is 11.1. The number of nitrogens with zero attached hydrogens (tertiary/aromatic N) is 2. The average Bonchev–Trinajstić information content (AvgIpc) is 2.92. The SMILES string of the molecule is Cc1csc2nc(-c3ccc(CO)cc3)cn12. The third-order valence-corrected chi connectivity index (χ3v) is 3.78. The van der Waals surface area contributed by atoms with Crippen LogP contribution >= 0.6 is 11.3 Å². The van der Waals surface area contributed by atoms with Crippen molar-refractivity contribution in [2.45, 2.75) is 13.5 Å². The first kappa shape index (κ1) is 10.5. The van der Waals surface area contributed by atoms with E-state index < -0.39 is 0 Å². The standard InChI is InChI=1S/C13H12N2OS/c1-9-8-17-13-14-12(6-15(9)13)11-4-2-10(7-16)3-5-11/h2-6,8,16H,7H2,1H3. The van der Waals surface area contributed by atoms with Crippen molar-refractivity contribution in [3.63, 3.8) is 0 Å². The number of aliphatic hydroxyl groups excluding tert-OH is 1. The normalized spacial score (nSPS) is 11.2. The van der Waals surface area contributed by atoms with Crippen LogP contribution in [0.4, 0.5) is 0 Å². The number of benzene rings is 1. The quantitative estimate of drug-likeness (QED) is 0.752. The summed E-state index contributed by atoms with van der Waals surface area (Å²) in [6.07, 6.45) is 2.05. The average molecular weight is 244 g/mol. The van der Waals surface area contributed by atoms with E-state index in [4.69, 9.17) is 5.11 Å². The Kier molecular flexibility index (Phi) is 2.46. The fraction of sp³-hybridized carbons (Fsp3) is 0.154. The number of fused-ring (bicyclic) bond motifs is 1. The van der Waals surface area contributed by atoms with Gasteiger partial charge in [-0.05, 0) is 12.5 Å². The van der Waals surface area contributed by atoms with Crippen molar-refractivity contribution < 1.29 is 5.11 Å². The van der Waals surface area contributed by atoms with Crippen molar-refractivity contribution in [2.24, 2.45) is 0 Å². The van der Waals surface area contributed by atoms with Crippen LogP contribution in [0.3, 0.4) is 0 Å². The lowest BCUT2D eigenvalue weighted by molar-refractivity contribution is 0.282. The summed E-state index contributed by atoms with van der Waals surface area (Å²) in [7, 11) is 0. The van der Waals surface area contributed by atoms with Gasteiger partial charge in [0.15, 0.2) is 4.96 Å². The summed E-state index contributed by atoms with van der Waals surface area (Å²) in [5.41, 5.74) is 4.18. The van der Waals surface area contributed by atoms with Gasteiger partial charge in [0.05, 0.1) is 12.3 Å². The zero-order valence-electron chi connectivity index (χ0n) is 9.42. The molecule has 0 aliphatic carbocycles. The molecule has 0 unspecified atom stereocenters. The van der Waals surface area contributed by atoms with E-state index in [9.17, 15) is 0 Å². The maximum atomic E-state index is 9.00. The molecule has 3 nitrogen and oxygen atoms in total. The van der Waals surface area contributed by atoms with E-state index in [0.717, 1.165) is 21.8 Å². The summed E-state index contributed by atoms with van der Waals surface area (Å²) < 4.78 is 2.10. The maximum absolute atomic E-state index is 9.00. The molecule has 1 aromatic carbocycles. The molecule has 0 saturated carbocycles. The second-order valence-electron chi connectivity index (χ2n) is 4.01. The predicted octanol–water partition coefficient (Wildman–Crippen LogP) is 2.86. The first-order valence-electron chi connectivity index (χ1n) is 5.41. The molecule has 1 N–H and O–H groups in total. The Hall–Kier alpha value is -1.65. The van der Waals surface area contributed by atoms with Crippen LogP contribution < -0.4 is 0 Å². The van der Waals surface area contributed by atoms with Crippen LogP contribution in [0.1, 0.15) is 11.3 Å². The molecule has 2 heterocycles. The zero-order chi connectivity index (χ0) is 11.8. The minimum atomic E-state index is 0.0810. The van der Waals surface area contributed by atoms with E-state index >= 15 is 0 Å². The van der Waals surface area contributed by atoms with Gasteiger partial charge < -0.3 is 5.11 Å². The van der Waals surface area contributed by atoms with Crippen LogP contribution in [0.15, 0.2) is 35.8 Å². The summed E-state index contributed by atoms with van der Waals surface area (Å²) in [5.74, 6) is 0. The van der Waals surface area contributed by atoms with E-state index in [1.165, 1.54) is 5.69 Å². The number of rotatable bonds is 2. The van der Waals surface area contributed by atoms with Crippen LogP contribution in [0.25, 0.3) is 16.2 Å². The van der Waals surface area contributed by atoms with Crippen LogP contribution in [0.5, 0.6) is 0 Å². The minimum absolute atomic E-state index is 0.0810. The van der Waals surface area contributed by atoms with Gasteiger partial charge in [0, 0.05) is 22.8 Å². The second kappa shape index (κ2) is 3.98. The van der Waals surface area contributed by atoms with Crippen molar-refractivity contribution >= 4 is 16.3 Å². The van der Waals surface area contributed by atoms with Crippen molar-refractivity contribution in [1.29, 1.82) is 0 Å². The van der Waals surface area contributed by atoms with E-state index in [2.05, 4.69) is 27.9 Å². The van der Waals surface area contributed by atoms with Crippen molar-refractivity contribution in [1.82, 2.24) is 9.38 Å². The molecule has 0 bridgehead atoms. The Balaban J connectivity index is 2.07. The van der Waals surface area contributed by atoms with Crippen molar-refractivity contribution in [3.05, 3.63) is 47.1 Å². The number of aromatic nitrogens is 2. The van der Waals surface area contributed by atoms with Gasteiger partial charge in [0.1, 0.15) is 0 Å². The highest BCUT2D eigenvalue weighted by Gasteiger charge is 2.07. The number of aliphatic hydroxyl groups is 1. The number of hydrogen-bond acceptors (Lipinski definition) is 3. The number of hydrogen-bond donors (Lipinski definition) is 1. The van der Waals surface area contributed by atoms with Gasteiger partial charge in [-0.3, -0.25) is 4.40 Å². The topological polar surface area (TPSA) is 37.5 Å². The first-order chi connectivity index (χ1) is 8.28. The Morgan fingerprint density at radius 2 is 2.06 bits per heavy atom. The monoisotopic (exact) mass is 244 g/mol. The number of thiazole rings is 1. The van der Waals surface area contributed by atoms with Gasteiger partial charge >= 0.3 is 0 Å². The zero-order valence-corrected chi connectivity index (χ0v) is 10.2. The fourth-order valence-electron chi connectivity index (χ4n) is 1.81. The molecule has 0 radical (unpaired) electrons. The molecule has 86 valence electrons. The van der Waals surface area contributed by atoms with Gasteiger partial charge in [0.2, 0.25) is 0 Å². The molecular weight excluding hydrogens is 232 g/mol. The Bertz CT molecular complexity index is 652. The predicted molar refractivity (Wildman–Crippen MR) is 69.2 cm³/mol. The summed E-state index contributed by atoms with van der Waals surface area (Å²) in [6.45, 7) is 2.15. The molecule has 17 heavy (non-hydrogen) atoms. The van der Waals surface area contributed by atoms with E-state index in [1.807, 2.05) is 24.3 Å². The molecule has 0 fully saturated rings. The van der Waals surface area contributed by atoms with Crippen molar-refractivity contribution in [3.8, 4) is 11.3 Å². The lowest BCUT2D eigenvalue weighted by Crippen LogP contribution is -1.83. The molecule has 0 aliphatic heterocycles. The van der Waals surface area contributed by atoms with Crippen LogP contribution in [0.2, 0.25) is 0 Å². The molecule has 2 aromatic heterocycles. The van der Waals surface area contributed by atoms with E-state index in [0.29, 0.717) is 0 Å². The molecule has 3 rings (SSSR count). The number of imidazole rings is 1. The van der Waals surface area contributed by atoms with Gasteiger partial charge in [-0.25, -0.2) is 4.98 Å². The summed E-state index contributed by atoms with van der Waals surface area (Å²) in [4.78, 5) is 5.60. The van der Waals surface area contributed by atoms with Gasteiger partial charge in [-0.15, -0.1) is 11.3 Å². The van der Waals surface area contributed by atoms with Gasteiger partial charge in [-0.2, -0.15) is 0 Å². The highest BCUT2D eigenvalue weighted by Crippen LogP contribution is 2.23. The molecule has 3 aromatic rings. The molecule has 0 spiro atoms. The summed E-state index contributed by atoms with van der Waals surface area (Å²) in [6, 6.07) is 7.84. The summed E-state index contributed by atoms with van der Waals surface area (Å²) >= 11 is 1.65. The van der Waals surface area contributed by atoms with Crippen LogP contribution in [0, 0.1) is 6.92 Å². The first-order valence-corrected chi connectivity index (χ1v) is 6.29. The van der Waals surface area contributed by atoms with Crippen molar-refractivity contribution in [2.75, 3.05) is 0 Å². The fourth-order valence-corrected chi connectivity index (χ4v) is 2.66. The largest absolute Gasteiger partial charge is 0.392 e. The molecule has 0 atom stereocenters. The third-order valence-electron chi connectivity index (χ3n) is 2.82. The Morgan fingerprint density at radius 1 is 1.29 bits per heavy atom. The van der Waals surface area contributed by atoms with Crippen LogP contribution in [-0.2, 0) is 6.61 Å². The van der Waals surface area contributed by atoms with Gasteiger partial charge in [-0.1, -0.05) is 24.3 Å².